The molecule has 1 aliphatic rings. The Hall–Kier alpha value is -1.01. The topological polar surface area (TPSA) is 50.1 Å². The molecule has 1 fully saturated rings. The van der Waals surface area contributed by atoms with E-state index in [4.69, 9.17) is 0 Å². The summed E-state index contributed by atoms with van der Waals surface area (Å²) >= 11 is 0. The summed E-state index contributed by atoms with van der Waals surface area (Å²) in [5.41, 5.74) is -0.0410. The molecule has 0 aromatic carbocycles. The Morgan fingerprint density at radius 2 is 1.77 bits per heavy atom. The smallest absolute Gasteiger partial charge is 0.168 e. The van der Waals surface area contributed by atoms with Gasteiger partial charge in [-0.2, -0.15) is 0 Å². The summed E-state index contributed by atoms with van der Waals surface area (Å²) in [6.45, 7) is 15.6. The van der Waals surface area contributed by atoms with Crippen LogP contribution < -0.4 is 0 Å². The molecule has 0 aliphatic carbocycles. The van der Waals surface area contributed by atoms with Crippen LogP contribution in [-0.4, -0.2) is 63.2 Å². The molecular formula is C16H32N6. The third-order valence-electron chi connectivity index (χ3n) is 4.90. The predicted molar refractivity (Wildman–Crippen MR) is 88.7 cm³/mol. The lowest BCUT2D eigenvalue weighted by molar-refractivity contribution is 0.0892. The molecule has 0 amide bonds. The summed E-state index contributed by atoms with van der Waals surface area (Å²) in [5.74, 6) is 1.66. The minimum Gasteiger partial charge on any atom is -0.304 e. The summed E-state index contributed by atoms with van der Waals surface area (Å²) in [7, 11) is 2.19. The maximum atomic E-state index is 4.42. The Morgan fingerprint density at radius 3 is 2.32 bits per heavy atom. The molecule has 0 saturated carbocycles. The number of hydrogen-bond acceptors (Lipinski definition) is 5. The summed E-state index contributed by atoms with van der Waals surface area (Å²) in [4.78, 5) is 4.95. The third kappa shape index (κ3) is 3.84. The number of piperazine rings is 1. The molecule has 0 radical (unpaired) electrons. The van der Waals surface area contributed by atoms with E-state index in [1.807, 2.05) is 0 Å². The largest absolute Gasteiger partial charge is 0.304 e. The highest BCUT2D eigenvalue weighted by Gasteiger charge is 2.32. The van der Waals surface area contributed by atoms with Gasteiger partial charge in [-0.1, -0.05) is 20.8 Å². The molecule has 0 spiro atoms. The van der Waals surface area contributed by atoms with Gasteiger partial charge in [-0.3, -0.25) is 4.90 Å². The van der Waals surface area contributed by atoms with E-state index < -0.39 is 0 Å². The van der Waals surface area contributed by atoms with Crippen molar-refractivity contribution in [3.05, 3.63) is 5.82 Å². The lowest BCUT2D eigenvalue weighted by Crippen LogP contribution is -2.47. The van der Waals surface area contributed by atoms with Gasteiger partial charge in [0.2, 0.25) is 0 Å². The fraction of sp³-hybridized carbons (Fsp3) is 0.938. The molecule has 1 saturated heterocycles. The summed E-state index contributed by atoms with van der Waals surface area (Å²) in [5, 5.41) is 12.7. The second-order valence-corrected chi connectivity index (χ2v) is 7.60. The molecule has 2 rings (SSSR count). The van der Waals surface area contributed by atoms with Crippen LogP contribution in [0.25, 0.3) is 0 Å². The second kappa shape index (κ2) is 7.04. The highest BCUT2D eigenvalue weighted by molar-refractivity contribution is 4.98. The van der Waals surface area contributed by atoms with Crippen molar-refractivity contribution in [1.29, 1.82) is 0 Å². The van der Waals surface area contributed by atoms with Crippen molar-refractivity contribution in [2.45, 2.75) is 59.0 Å². The van der Waals surface area contributed by atoms with Crippen molar-refractivity contribution in [3.63, 3.8) is 0 Å². The average molecular weight is 308 g/mol. The Balaban J connectivity index is 2.28. The van der Waals surface area contributed by atoms with E-state index in [1.165, 1.54) is 0 Å². The van der Waals surface area contributed by atoms with Crippen LogP contribution in [0.3, 0.4) is 0 Å². The number of rotatable bonds is 6. The molecule has 6 heteroatoms. The van der Waals surface area contributed by atoms with E-state index in [0.717, 1.165) is 44.8 Å². The average Bonchev–Trinajstić information content (AvgIpc) is 2.95. The van der Waals surface area contributed by atoms with Crippen LogP contribution in [-0.2, 0) is 5.54 Å². The first-order valence-corrected chi connectivity index (χ1v) is 8.56. The molecule has 2 heterocycles. The first-order valence-electron chi connectivity index (χ1n) is 8.56. The summed E-state index contributed by atoms with van der Waals surface area (Å²) < 4.78 is 2.05. The highest BCUT2D eigenvalue weighted by atomic mass is 15.6. The minimum atomic E-state index is -0.0410. The predicted octanol–water partition coefficient (Wildman–Crippen LogP) is 2.15. The molecular weight excluding hydrogens is 276 g/mol. The molecule has 0 N–H and O–H groups in total. The summed E-state index contributed by atoms with van der Waals surface area (Å²) in [6, 6.07) is 0.314. The molecule has 1 aromatic rings. The number of aromatic nitrogens is 4. The second-order valence-electron chi connectivity index (χ2n) is 7.60. The van der Waals surface area contributed by atoms with Gasteiger partial charge in [0.05, 0.1) is 11.6 Å². The van der Waals surface area contributed by atoms with Gasteiger partial charge in [-0.25, -0.2) is 4.68 Å². The van der Waals surface area contributed by atoms with Crippen LogP contribution in [0.15, 0.2) is 0 Å². The molecule has 126 valence electrons. The first kappa shape index (κ1) is 17.3. The van der Waals surface area contributed by atoms with E-state index in [-0.39, 0.29) is 5.54 Å². The van der Waals surface area contributed by atoms with E-state index in [9.17, 15) is 0 Å². The zero-order chi connectivity index (χ0) is 16.3. The van der Waals surface area contributed by atoms with Crippen molar-refractivity contribution in [2.24, 2.45) is 5.92 Å². The van der Waals surface area contributed by atoms with Gasteiger partial charge >= 0.3 is 0 Å². The third-order valence-corrected chi connectivity index (χ3v) is 4.90. The van der Waals surface area contributed by atoms with E-state index >= 15 is 0 Å². The molecule has 22 heavy (non-hydrogen) atoms. The van der Waals surface area contributed by atoms with Crippen molar-refractivity contribution in [1.82, 2.24) is 30.0 Å². The fourth-order valence-electron chi connectivity index (χ4n) is 2.98. The molecule has 6 nitrogen and oxygen atoms in total. The van der Waals surface area contributed by atoms with Gasteiger partial charge in [0.25, 0.3) is 0 Å². The zero-order valence-corrected chi connectivity index (χ0v) is 15.1. The first-order chi connectivity index (χ1) is 10.3. The van der Waals surface area contributed by atoms with Crippen molar-refractivity contribution in [3.8, 4) is 0 Å². The van der Waals surface area contributed by atoms with Crippen LogP contribution in [0.4, 0.5) is 0 Å². The van der Waals surface area contributed by atoms with Gasteiger partial charge in [0.15, 0.2) is 5.82 Å². The van der Waals surface area contributed by atoms with Gasteiger partial charge in [0.1, 0.15) is 0 Å². The van der Waals surface area contributed by atoms with Gasteiger partial charge in [-0.15, -0.1) is 5.10 Å². The van der Waals surface area contributed by atoms with E-state index in [1.54, 1.807) is 0 Å². The minimum absolute atomic E-state index is 0.0410. The maximum Gasteiger partial charge on any atom is 0.168 e. The van der Waals surface area contributed by atoms with Crippen LogP contribution >= 0.6 is 0 Å². The number of nitrogens with zero attached hydrogens (tertiary/aromatic N) is 6. The number of likely N-dealkylation sites (N-methyl/N-ethyl adjacent to an activating group) is 1. The Bertz CT molecular complexity index is 459. The highest BCUT2D eigenvalue weighted by Crippen LogP contribution is 2.30. The van der Waals surface area contributed by atoms with Crippen LogP contribution in [0, 0.1) is 5.92 Å². The van der Waals surface area contributed by atoms with Crippen molar-refractivity contribution >= 4 is 0 Å². The van der Waals surface area contributed by atoms with Crippen molar-refractivity contribution < 1.29 is 0 Å². The maximum absolute atomic E-state index is 4.42. The Kier molecular flexibility index (Phi) is 5.55. The zero-order valence-electron chi connectivity index (χ0n) is 15.1. The number of hydrogen-bond donors (Lipinski definition) is 0. The van der Waals surface area contributed by atoms with Crippen molar-refractivity contribution in [2.75, 3.05) is 33.2 Å². The van der Waals surface area contributed by atoms with Crippen LogP contribution in [0.5, 0.6) is 0 Å². The quantitative estimate of drug-likeness (QED) is 0.806. The SMILES string of the molecule is CCC(C)(C)n1nnnc1[C@@H](CC(C)C)N1CCN(C)CC1. The Labute approximate surface area is 134 Å². The van der Waals surface area contributed by atoms with E-state index in [0.29, 0.717) is 12.0 Å². The molecule has 1 atom stereocenters. The van der Waals surface area contributed by atoms with Gasteiger partial charge in [-0.05, 0) is 50.1 Å². The van der Waals surface area contributed by atoms with Gasteiger partial charge in [0, 0.05) is 26.2 Å². The van der Waals surface area contributed by atoms with E-state index in [2.05, 4.69) is 71.7 Å². The molecule has 0 bridgehead atoms. The Morgan fingerprint density at radius 1 is 1.14 bits per heavy atom. The lowest BCUT2D eigenvalue weighted by atomic mass is 9.98. The monoisotopic (exact) mass is 308 g/mol. The van der Waals surface area contributed by atoms with Crippen LogP contribution in [0.1, 0.15) is 59.3 Å². The standard InChI is InChI=1S/C16H32N6/c1-7-16(4,5)22-15(17-18-19-22)14(12-13(2)3)21-10-8-20(6)9-11-21/h13-14H,7-12H2,1-6H3/t14-/m1/s1. The molecule has 0 unspecified atom stereocenters. The van der Waals surface area contributed by atoms with Crippen LogP contribution in [0.2, 0.25) is 0 Å². The van der Waals surface area contributed by atoms with Gasteiger partial charge < -0.3 is 4.90 Å². The normalized spacial score (nSPS) is 19.8. The number of tetrazole rings is 1. The summed E-state index contributed by atoms with van der Waals surface area (Å²) in [6.07, 6.45) is 2.12. The molecule has 1 aromatic heterocycles. The molecule has 1 aliphatic heterocycles. The fourth-order valence-corrected chi connectivity index (χ4v) is 2.98. The lowest BCUT2D eigenvalue weighted by Gasteiger charge is -2.39.